The summed E-state index contributed by atoms with van der Waals surface area (Å²) in [6.45, 7) is 8.87. The molecule has 0 aromatic carbocycles. The number of halogens is 2. The first kappa shape index (κ1) is 15.2. The lowest BCUT2D eigenvalue weighted by atomic mass is 10.0. The zero-order valence-corrected chi connectivity index (χ0v) is 10.1. The van der Waals surface area contributed by atoms with Crippen molar-refractivity contribution < 1.29 is 18.3 Å². The number of rotatable bonds is 8. The van der Waals surface area contributed by atoms with Gasteiger partial charge >= 0.3 is 5.92 Å². The van der Waals surface area contributed by atoms with Gasteiger partial charge in [-0.15, -0.1) is 6.58 Å². The predicted molar refractivity (Wildman–Crippen MR) is 59.6 cm³/mol. The highest BCUT2D eigenvalue weighted by molar-refractivity contribution is 5.86. The largest absolute Gasteiger partial charge is 0.367 e. The molecular weight excluding hydrogens is 214 g/mol. The predicted octanol–water partition coefficient (Wildman–Crippen LogP) is 3.22. The van der Waals surface area contributed by atoms with Gasteiger partial charge in [-0.05, 0) is 12.3 Å². The third kappa shape index (κ3) is 4.39. The minimum Gasteiger partial charge on any atom is -0.367 e. The average Bonchev–Trinajstić information content (AvgIpc) is 2.18. The fraction of sp³-hybridized carbons (Fsp3) is 0.750. The van der Waals surface area contributed by atoms with Crippen LogP contribution in [0.25, 0.3) is 0 Å². The SMILES string of the molecule is C=CC(OCC(C)C)C(F)(F)C(=O)CCC. The second kappa shape index (κ2) is 6.74. The van der Waals surface area contributed by atoms with E-state index >= 15 is 0 Å². The molecule has 16 heavy (non-hydrogen) atoms. The van der Waals surface area contributed by atoms with Crippen LogP contribution in [0.15, 0.2) is 12.7 Å². The van der Waals surface area contributed by atoms with Crippen molar-refractivity contribution >= 4 is 5.78 Å². The Morgan fingerprint density at radius 3 is 2.44 bits per heavy atom. The van der Waals surface area contributed by atoms with Gasteiger partial charge in [0.2, 0.25) is 5.78 Å². The van der Waals surface area contributed by atoms with Crippen molar-refractivity contribution in [2.75, 3.05) is 6.61 Å². The molecule has 0 radical (unpaired) electrons. The van der Waals surface area contributed by atoms with Crippen LogP contribution in [-0.4, -0.2) is 24.4 Å². The maximum Gasteiger partial charge on any atom is 0.334 e. The zero-order chi connectivity index (χ0) is 12.8. The summed E-state index contributed by atoms with van der Waals surface area (Å²) in [6.07, 6.45) is -0.255. The van der Waals surface area contributed by atoms with Crippen LogP contribution < -0.4 is 0 Å². The summed E-state index contributed by atoms with van der Waals surface area (Å²) < 4.78 is 32.1. The summed E-state index contributed by atoms with van der Waals surface area (Å²) in [7, 11) is 0. The van der Waals surface area contributed by atoms with E-state index in [0.717, 1.165) is 6.08 Å². The Bertz CT molecular complexity index is 237. The molecule has 94 valence electrons. The molecule has 0 aliphatic rings. The molecule has 0 aromatic rings. The first-order valence-corrected chi connectivity index (χ1v) is 5.51. The van der Waals surface area contributed by atoms with E-state index in [1.54, 1.807) is 6.92 Å². The summed E-state index contributed by atoms with van der Waals surface area (Å²) in [5.74, 6) is -4.41. The van der Waals surface area contributed by atoms with E-state index in [-0.39, 0.29) is 18.9 Å². The van der Waals surface area contributed by atoms with Gasteiger partial charge in [0.15, 0.2) is 0 Å². The molecule has 0 amide bonds. The lowest BCUT2D eigenvalue weighted by Crippen LogP contribution is -2.42. The third-order valence-electron chi connectivity index (χ3n) is 2.03. The quantitative estimate of drug-likeness (QED) is 0.603. The van der Waals surface area contributed by atoms with E-state index in [2.05, 4.69) is 6.58 Å². The molecule has 1 atom stereocenters. The highest BCUT2D eigenvalue weighted by atomic mass is 19.3. The van der Waals surface area contributed by atoms with Gasteiger partial charge in [0.25, 0.3) is 0 Å². The Balaban J connectivity index is 4.53. The van der Waals surface area contributed by atoms with Crippen LogP contribution >= 0.6 is 0 Å². The number of Topliss-reactive ketones (excluding diaryl/α,β-unsaturated/α-hetero) is 1. The highest BCUT2D eigenvalue weighted by Gasteiger charge is 2.45. The Hall–Kier alpha value is -0.770. The molecule has 2 nitrogen and oxygen atoms in total. The van der Waals surface area contributed by atoms with E-state index in [9.17, 15) is 13.6 Å². The fourth-order valence-electron chi connectivity index (χ4n) is 1.17. The van der Waals surface area contributed by atoms with Crippen LogP contribution in [-0.2, 0) is 9.53 Å². The number of ketones is 1. The molecule has 0 spiro atoms. The molecule has 0 bridgehead atoms. The van der Waals surface area contributed by atoms with Gasteiger partial charge in [-0.25, -0.2) is 0 Å². The van der Waals surface area contributed by atoms with Crippen molar-refractivity contribution in [3.8, 4) is 0 Å². The monoisotopic (exact) mass is 234 g/mol. The van der Waals surface area contributed by atoms with E-state index in [1.165, 1.54) is 0 Å². The Labute approximate surface area is 95.7 Å². The van der Waals surface area contributed by atoms with Crippen LogP contribution in [0.1, 0.15) is 33.6 Å². The zero-order valence-electron chi connectivity index (χ0n) is 10.1. The molecule has 0 saturated carbocycles. The smallest absolute Gasteiger partial charge is 0.334 e. The fourth-order valence-corrected chi connectivity index (χ4v) is 1.17. The minimum atomic E-state index is -3.47. The number of alkyl halides is 2. The van der Waals surface area contributed by atoms with Crippen molar-refractivity contribution in [2.24, 2.45) is 5.92 Å². The Morgan fingerprint density at radius 1 is 1.50 bits per heavy atom. The lowest BCUT2D eigenvalue weighted by Gasteiger charge is -2.24. The van der Waals surface area contributed by atoms with Gasteiger partial charge in [-0.1, -0.05) is 26.8 Å². The van der Waals surface area contributed by atoms with Crippen LogP contribution in [0.4, 0.5) is 8.78 Å². The van der Waals surface area contributed by atoms with E-state index < -0.39 is 17.8 Å². The Kier molecular flexibility index (Phi) is 6.41. The molecule has 4 heteroatoms. The number of carbonyl (C=O) groups is 1. The molecule has 0 saturated heterocycles. The van der Waals surface area contributed by atoms with Gasteiger partial charge in [0.05, 0.1) is 0 Å². The topological polar surface area (TPSA) is 26.3 Å². The van der Waals surface area contributed by atoms with E-state index in [4.69, 9.17) is 4.74 Å². The summed E-state index contributed by atoms with van der Waals surface area (Å²) in [4.78, 5) is 11.2. The van der Waals surface area contributed by atoms with Gasteiger partial charge in [-0.2, -0.15) is 8.78 Å². The first-order valence-electron chi connectivity index (χ1n) is 5.51. The molecule has 0 aliphatic heterocycles. The standard InChI is InChI=1S/C12H20F2O2/c1-5-7-10(15)12(13,14)11(6-2)16-8-9(3)4/h6,9,11H,2,5,7-8H2,1,3-4H3. The first-order chi connectivity index (χ1) is 7.36. The van der Waals surface area contributed by atoms with E-state index in [1.807, 2.05) is 13.8 Å². The normalized spacial score (nSPS) is 13.9. The molecule has 0 fully saturated rings. The van der Waals surface area contributed by atoms with E-state index in [0.29, 0.717) is 6.42 Å². The summed E-state index contributed by atoms with van der Waals surface area (Å²) in [5.41, 5.74) is 0. The lowest BCUT2D eigenvalue weighted by molar-refractivity contribution is -0.162. The molecule has 0 rings (SSSR count). The molecule has 0 aromatic heterocycles. The third-order valence-corrected chi connectivity index (χ3v) is 2.03. The number of hydrogen-bond donors (Lipinski definition) is 0. The van der Waals surface area contributed by atoms with Crippen molar-refractivity contribution in [1.29, 1.82) is 0 Å². The second-order valence-electron chi connectivity index (χ2n) is 4.18. The van der Waals surface area contributed by atoms with Gasteiger partial charge < -0.3 is 4.74 Å². The average molecular weight is 234 g/mol. The molecular formula is C12H20F2O2. The summed E-state index contributed by atoms with van der Waals surface area (Å²) in [6, 6.07) is 0. The van der Waals surface area contributed by atoms with Gasteiger partial charge in [-0.3, -0.25) is 4.79 Å². The van der Waals surface area contributed by atoms with Crippen LogP contribution in [0.2, 0.25) is 0 Å². The summed E-state index contributed by atoms with van der Waals surface area (Å²) in [5, 5.41) is 0. The van der Waals surface area contributed by atoms with Crippen LogP contribution in [0.5, 0.6) is 0 Å². The second-order valence-corrected chi connectivity index (χ2v) is 4.18. The molecule has 1 unspecified atom stereocenters. The van der Waals surface area contributed by atoms with Crippen molar-refractivity contribution in [1.82, 2.24) is 0 Å². The van der Waals surface area contributed by atoms with Gasteiger partial charge in [0.1, 0.15) is 6.10 Å². The van der Waals surface area contributed by atoms with Crippen LogP contribution in [0, 0.1) is 5.92 Å². The molecule has 0 aliphatic carbocycles. The summed E-state index contributed by atoms with van der Waals surface area (Å²) >= 11 is 0. The maximum atomic E-state index is 13.6. The minimum absolute atomic E-state index is 0.137. The Morgan fingerprint density at radius 2 is 2.06 bits per heavy atom. The number of carbonyl (C=O) groups excluding carboxylic acids is 1. The molecule has 0 heterocycles. The van der Waals surface area contributed by atoms with Gasteiger partial charge in [0, 0.05) is 13.0 Å². The maximum absolute atomic E-state index is 13.6. The van der Waals surface area contributed by atoms with Crippen molar-refractivity contribution in [3.05, 3.63) is 12.7 Å². The van der Waals surface area contributed by atoms with Crippen molar-refractivity contribution in [2.45, 2.75) is 45.6 Å². The van der Waals surface area contributed by atoms with Crippen LogP contribution in [0.3, 0.4) is 0 Å². The molecule has 0 N–H and O–H groups in total. The highest BCUT2D eigenvalue weighted by Crippen LogP contribution is 2.26. The van der Waals surface area contributed by atoms with Crippen molar-refractivity contribution in [3.63, 3.8) is 0 Å². The number of hydrogen-bond acceptors (Lipinski definition) is 2. The number of ether oxygens (including phenoxy) is 1.